The first-order chi connectivity index (χ1) is 15.7. The van der Waals surface area contributed by atoms with Crippen LogP contribution >= 0.6 is 27.7 Å². The molecule has 2 amide bonds. The van der Waals surface area contributed by atoms with Crippen molar-refractivity contribution in [1.29, 1.82) is 0 Å². The van der Waals surface area contributed by atoms with Gasteiger partial charge in [-0.25, -0.2) is 9.18 Å². The van der Waals surface area contributed by atoms with Gasteiger partial charge in [0.25, 0.3) is 11.1 Å². The molecule has 0 N–H and O–H groups in total. The minimum Gasteiger partial charge on any atom is -0.490 e. The van der Waals surface area contributed by atoms with Crippen molar-refractivity contribution in [1.82, 2.24) is 4.90 Å². The van der Waals surface area contributed by atoms with Gasteiger partial charge in [-0.3, -0.25) is 14.5 Å². The monoisotopic (exact) mass is 537 g/mol. The van der Waals surface area contributed by atoms with Gasteiger partial charge in [-0.2, -0.15) is 0 Å². The molecule has 0 unspecified atom stereocenters. The first-order valence-corrected chi connectivity index (χ1v) is 11.5. The zero-order valence-corrected chi connectivity index (χ0v) is 20.5. The Morgan fingerprint density at radius 3 is 2.48 bits per heavy atom. The van der Waals surface area contributed by atoms with Crippen LogP contribution in [-0.4, -0.2) is 41.8 Å². The van der Waals surface area contributed by atoms with E-state index in [4.69, 9.17) is 9.47 Å². The van der Waals surface area contributed by atoms with Gasteiger partial charge in [-0.15, -0.1) is 0 Å². The molecular weight excluding hydrogens is 517 g/mol. The number of esters is 1. The number of hydrogen-bond donors (Lipinski definition) is 0. The van der Waals surface area contributed by atoms with Crippen molar-refractivity contribution >= 4 is 50.9 Å². The number of ether oxygens (including phenoxy) is 3. The summed E-state index contributed by atoms with van der Waals surface area (Å²) in [6.45, 7) is 3.84. The predicted octanol–water partition coefficient (Wildman–Crippen LogP) is 5.16. The quantitative estimate of drug-likeness (QED) is 0.339. The molecule has 3 rings (SSSR count). The van der Waals surface area contributed by atoms with E-state index in [-0.39, 0.29) is 17.3 Å². The standard InChI is InChI=1S/C23H21BrFNO6S/c1-4-31-18-9-15(10-20-21(27)26(23(29)33-20)13(2)22(28)30-3)17(24)11-19(18)32-12-14-5-7-16(25)8-6-14/h5-11,13H,4,12H2,1-3H3/b20-10+/t13-/m0/s1. The molecule has 1 aliphatic heterocycles. The van der Waals surface area contributed by atoms with E-state index in [1.165, 1.54) is 26.2 Å². The van der Waals surface area contributed by atoms with Crippen LogP contribution in [0.2, 0.25) is 0 Å². The molecule has 0 aromatic heterocycles. The maximum Gasteiger partial charge on any atom is 0.328 e. The summed E-state index contributed by atoms with van der Waals surface area (Å²) in [6.07, 6.45) is 1.55. The van der Waals surface area contributed by atoms with Crippen LogP contribution in [-0.2, 0) is 20.9 Å². The van der Waals surface area contributed by atoms with Crippen LogP contribution in [0.3, 0.4) is 0 Å². The average molecular weight is 538 g/mol. The lowest BCUT2D eigenvalue weighted by molar-refractivity contribution is -0.148. The second-order valence-electron chi connectivity index (χ2n) is 6.92. The van der Waals surface area contributed by atoms with E-state index in [0.29, 0.717) is 28.1 Å². The summed E-state index contributed by atoms with van der Waals surface area (Å²) < 4.78 is 29.9. The maximum atomic E-state index is 13.1. The molecular formula is C23H21BrFNO6S. The topological polar surface area (TPSA) is 82.1 Å². The summed E-state index contributed by atoms with van der Waals surface area (Å²) in [5.74, 6) is -0.689. The molecule has 10 heteroatoms. The highest BCUT2D eigenvalue weighted by molar-refractivity contribution is 9.10. The van der Waals surface area contributed by atoms with E-state index in [2.05, 4.69) is 20.7 Å². The first kappa shape index (κ1) is 24.8. The lowest BCUT2D eigenvalue weighted by Crippen LogP contribution is -2.42. The van der Waals surface area contributed by atoms with Gasteiger partial charge in [0.05, 0.1) is 18.6 Å². The number of nitrogens with zero attached hydrogens (tertiary/aromatic N) is 1. The summed E-state index contributed by atoms with van der Waals surface area (Å²) in [5, 5.41) is -0.551. The Bertz CT molecular complexity index is 1100. The summed E-state index contributed by atoms with van der Waals surface area (Å²) in [7, 11) is 1.19. The molecule has 174 valence electrons. The fraction of sp³-hybridized carbons (Fsp3) is 0.261. The largest absolute Gasteiger partial charge is 0.490 e. The number of thioether (sulfide) groups is 1. The van der Waals surface area contributed by atoms with Crippen LogP contribution < -0.4 is 9.47 Å². The lowest BCUT2D eigenvalue weighted by atomic mass is 10.1. The second-order valence-corrected chi connectivity index (χ2v) is 8.77. The van der Waals surface area contributed by atoms with Crippen molar-refractivity contribution in [2.24, 2.45) is 0 Å². The molecule has 0 aliphatic carbocycles. The first-order valence-electron chi connectivity index (χ1n) is 9.93. The van der Waals surface area contributed by atoms with Crippen molar-refractivity contribution in [2.45, 2.75) is 26.5 Å². The van der Waals surface area contributed by atoms with Crippen LogP contribution in [0.5, 0.6) is 11.5 Å². The molecule has 2 aromatic carbocycles. The van der Waals surface area contributed by atoms with Crippen molar-refractivity contribution in [2.75, 3.05) is 13.7 Å². The van der Waals surface area contributed by atoms with Gasteiger partial charge in [-0.1, -0.05) is 28.1 Å². The Morgan fingerprint density at radius 1 is 1.18 bits per heavy atom. The van der Waals surface area contributed by atoms with Gasteiger partial charge in [0.2, 0.25) is 0 Å². The third kappa shape index (κ3) is 5.75. The highest BCUT2D eigenvalue weighted by Crippen LogP contribution is 2.39. The van der Waals surface area contributed by atoms with Crippen molar-refractivity contribution < 1.29 is 33.0 Å². The lowest BCUT2D eigenvalue weighted by Gasteiger charge is -2.18. The Balaban J connectivity index is 1.86. The third-order valence-electron chi connectivity index (χ3n) is 4.71. The number of rotatable bonds is 8. The maximum absolute atomic E-state index is 13.1. The second kappa shape index (κ2) is 10.8. The minimum atomic E-state index is -1.03. The molecule has 2 aromatic rings. The molecule has 0 spiro atoms. The Hall–Kier alpha value is -2.85. The van der Waals surface area contributed by atoms with Crippen molar-refractivity contribution in [3.05, 3.63) is 62.7 Å². The van der Waals surface area contributed by atoms with Crippen LogP contribution in [0.15, 0.2) is 45.8 Å². The molecule has 7 nitrogen and oxygen atoms in total. The van der Waals surface area contributed by atoms with Gasteiger partial charge < -0.3 is 14.2 Å². The molecule has 0 saturated carbocycles. The highest BCUT2D eigenvalue weighted by atomic mass is 79.9. The highest BCUT2D eigenvalue weighted by Gasteiger charge is 2.41. The van der Waals surface area contributed by atoms with E-state index < -0.39 is 23.2 Å². The molecule has 1 heterocycles. The molecule has 0 radical (unpaired) electrons. The van der Waals surface area contributed by atoms with Gasteiger partial charge in [0.15, 0.2) is 11.5 Å². The summed E-state index contributed by atoms with van der Waals surface area (Å²) in [4.78, 5) is 37.9. The van der Waals surface area contributed by atoms with E-state index in [1.807, 2.05) is 6.92 Å². The molecule has 1 atom stereocenters. The number of halogens is 2. The number of benzene rings is 2. The summed E-state index contributed by atoms with van der Waals surface area (Å²) >= 11 is 4.21. The molecule has 33 heavy (non-hydrogen) atoms. The van der Waals surface area contributed by atoms with E-state index in [1.54, 1.807) is 30.3 Å². The Morgan fingerprint density at radius 2 is 1.85 bits per heavy atom. The van der Waals surface area contributed by atoms with Gasteiger partial charge >= 0.3 is 5.97 Å². The van der Waals surface area contributed by atoms with E-state index in [9.17, 15) is 18.8 Å². The smallest absolute Gasteiger partial charge is 0.328 e. The van der Waals surface area contributed by atoms with Crippen LogP contribution in [0.25, 0.3) is 6.08 Å². The normalized spacial score (nSPS) is 15.7. The molecule has 1 fully saturated rings. The zero-order valence-electron chi connectivity index (χ0n) is 18.1. The van der Waals surface area contributed by atoms with Crippen LogP contribution in [0.4, 0.5) is 9.18 Å². The van der Waals surface area contributed by atoms with Crippen LogP contribution in [0.1, 0.15) is 25.0 Å². The number of carbonyl (C=O) groups excluding carboxylic acids is 3. The summed E-state index contributed by atoms with van der Waals surface area (Å²) in [5.41, 5.74) is 1.37. The fourth-order valence-electron chi connectivity index (χ4n) is 3.02. The van der Waals surface area contributed by atoms with E-state index >= 15 is 0 Å². The average Bonchev–Trinajstić information content (AvgIpc) is 3.07. The van der Waals surface area contributed by atoms with Crippen molar-refractivity contribution in [3.63, 3.8) is 0 Å². The van der Waals surface area contributed by atoms with Crippen LogP contribution in [0, 0.1) is 5.82 Å². The predicted molar refractivity (Wildman–Crippen MR) is 125 cm³/mol. The number of imide groups is 1. The van der Waals surface area contributed by atoms with Gasteiger partial charge in [0.1, 0.15) is 18.5 Å². The summed E-state index contributed by atoms with van der Waals surface area (Å²) in [6, 6.07) is 8.32. The van der Waals surface area contributed by atoms with Crippen molar-refractivity contribution in [3.8, 4) is 11.5 Å². The zero-order chi connectivity index (χ0) is 24.1. The Kier molecular flexibility index (Phi) is 8.15. The number of amides is 2. The third-order valence-corrected chi connectivity index (χ3v) is 6.28. The number of carbonyl (C=O) groups is 3. The van der Waals surface area contributed by atoms with E-state index in [0.717, 1.165) is 22.2 Å². The minimum absolute atomic E-state index is 0.166. The Labute approximate surface area is 203 Å². The van der Waals surface area contributed by atoms with Gasteiger partial charge in [-0.05, 0) is 67.1 Å². The number of methoxy groups -OCH3 is 1. The molecule has 1 saturated heterocycles. The molecule has 1 aliphatic rings. The van der Waals surface area contributed by atoms with Gasteiger partial charge in [0, 0.05) is 4.47 Å². The number of hydrogen-bond acceptors (Lipinski definition) is 7. The fourth-order valence-corrected chi connectivity index (χ4v) is 4.35. The molecule has 0 bridgehead atoms. The SMILES string of the molecule is CCOc1cc(/C=C2/SC(=O)N([C@@H](C)C(=O)OC)C2=O)c(Br)cc1OCc1ccc(F)cc1.